The van der Waals surface area contributed by atoms with E-state index in [1.54, 1.807) is 0 Å². The van der Waals surface area contributed by atoms with Crippen LogP contribution in [0.2, 0.25) is 0 Å². The van der Waals surface area contributed by atoms with Crippen LogP contribution in [0.15, 0.2) is 0 Å². The number of aliphatic carboxylic acids is 2. The van der Waals surface area contributed by atoms with E-state index >= 15 is 0 Å². The first-order valence-electron chi connectivity index (χ1n) is 8.45. The highest BCUT2D eigenvalue weighted by Gasteiger charge is 1.98. The van der Waals surface area contributed by atoms with E-state index in [-0.39, 0.29) is 12.8 Å². The second-order valence-electron chi connectivity index (χ2n) is 5.55. The monoisotopic (exact) mass is 403 g/mol. The summed E-state index contributed by atoms with van der Waals surface area (Å²) >= 11 is 0. The first-order chi connectivity index (χ1) is 11.9. The van der Waals surface area contributed by atoms with Crippen LogP contribution in [-0.2, 0) is 19.9 Å². The molecule has 0 bridgehead atoms. The zero-order valence-electron chi connectivity index (χ0n) is 15.2. The van der Waals surface area contributed by atoms with Crippen LogP contribution in [0, 0.1) is 0 Å². The number of aliphatic hydroxyl groups excluding tert-OH is 1. The molecule has 26 heavy (non-hydrogen) atoms. The molecule has 0 atom stereocenters. The van der Waals surface area contributed by atoms with Crippen LogP contribution in [0.25, 0.3) is 0 Å². The number of carboxylic acid groups (broad SMARTS) is 2. The summed E-state index contributed by atoms with van der Waals surface area (Å²) in [6.45, 7) is 2.09. The van der Waals surface area contributed by atoms with Crippen molar-refractivity contribution in [2.45, 2.75) is 83.8 Å². The molecule has 0 amide bonds. The molecule has 0 aliphatic rings. The predicted molar refractivity (Wildman–Crippen MR) is 95.7 cm³/mol. The normalized spacial score (nSPS) is 10.4. The topological polar surface area (TPSA) is 195 Å². The van der Waals surface area contributed by atoms with Gasteiger partial charge in [-0.3, -0.25) is 14.1 Å². The Balaban J connectivity index is -0.000000346. The standard InChI is InChI=1S/C9H16O4.C6H14O2.H3NO3S/c10-8(11)6-4-2-1-3-5-7-9(12)13;1-2-3-4-5-6(7)8;1-5(2,3)4/h1-7H2,(H,10,11)(H,12,13);6-8H,2-5H2,1H3;(H3,1,2,3,4). The van der Waals surface area contributed by atoms with Gasteiger partial charge in [0, 0.05) is 12.8 Å². The molecule has 10 nitrogen and oxygen atoms in total. The maximum atomic E-state index is 10.1. The fourth-order valence-electron chi connectivity index (χ4n) is 1.66. The third-order valence-corrected chi connectivity index (χ3v) is 2.85. The second kappa shape index (κ2) is 20.0. The molecule has 0 aromatic heterocycles. The molecule has 0 rings (SSSR count). The molecule has 0 aliphatic heterocycles. The van der Waals surface area contributed by atoms with Gasteiger partial charge in [-0.1, -0.05) is 39.0 Å². The smallest absolute Gasteiger partial charge is 0.330 e. The van der Waals surface area contributed by atoms with Crippen LogP contribution in [0.3, 0.4) is 0 Å². The lowest BCUT2D eigenvalue weighted by atomic mass is 10.1. The highest BCUT2D eigenvalue weighted by Crippen LogP contribution is 2.06. The minimum Gasteiger partial charge on any atom is -0.481 e. The van der Waals surface area contributed by atoms with E-state index in [4.69, 9.17) is 33.4 Å². The number of aliphatic hydroxyl groups is 2. The Morgan fingerprint density at radius 2 is 1.19 bits per heavy atom. The van der Waals surface area contributed by atoms with Crippen LogP contribution in [-0.4, -0.2) is 51.6 Å². The van der Waals surface area contributed by atoms with Crippen molar-refractivity contribution >= 4 is 22.2 Å². The van der Waals surface area contributed by atoms with Crippen LogP contribution in [0.4, 0.5) is 0 Å². The molecule has 0 radical (unpaired) electrons. The summed E-state index contributed by atoms with van der Waals surface area (Å²) in [5.74, 6) is -1.52. The van der Waals surface area contributed by atoms with Crippen LogP contribution in [0.1, 0.15) is 77.6 Å². The maximum absolute atomic E-state index is 10.1. The number of carboxylic acids is 2. The van der Waals surface area contributed by atoms with Crippen molar-refractivity contribution in [3.63, 3.8) is 0 Å². The van der Waals surface area contributed by atoms with E-state index in [2.05, 4.69) is 12.1 Å². The Bertz CT molecular complexity index is 412. The molecule has 0 aromatic carbocycles. The zero-order chi connectivity index (χ0) is 21.0. The van der Waals surface area contributed by atoms with Gasteiger partial charge in [0.1, 0.15) is 0 Å². The van der Waals surface area contributed by atoms with E-state index in [0.29, 0.717) is 19.3 Å². The molecule has 7 N–H and O–H groups in total. The number of nitrogens with two attached hydrogens (primary N) is 1. The molecule has 158 valence electrons. The third-order valence-electron chi connectivity index (χ3n) is 2.85. The third kappa shape index (κ3) is 56.9. The summed E-state index contributed by atoms with van der Waals surface area (Å²) in [5, 5.41) is 37.2. The molecule has 0 fully saturated rings. The molecule has 11 heteroatoms. The van der Waals surface area contributed by atoms with Gasteiger partial charge in [0.25, 0.3) is 0 Å². The van der Waals surface area contributed by atoms with Crippen molar-refractivity contribution in [2.24, 2.45) is 5.14 Å². The molecule has 0 spiro atoms. The average Bonchev–Trinajstić information content (AvgIpc) is 2.44. The largest absolute Gasteiger partial charge is 0.481 e. The zero-order valence-corrected chi connectivity index (χ0v) is 16.0. The van der Waals surface area contributed by atoms with Crippen molar-refractivity contribution < 1.29 is 43.0 Å². The van der Waals surface area contributed by atoms with Crippen molar-refractivity contribution in [2.75, 3.05) is 0 Å². The fraction of sp³-hybridized carbons (Fsp3) is 0.867. The summed E-state index contributed by atoms with van der Waals surface area (Å²) < 4.78 is 25.2. The van der Waals surface area contributed by atoms with E-state index < -0.39 is 28.5 Å². The first-order valence-corrected chi connectivity index (χ1v) is 9.95. The Kier molecular flexibility index (Phi) is 22.7. The van der Waals surface area contributed by atoms with E-state index in [1.807, 2.05) is 0 Å². The van der Waals surface area contributed by atoms with E-state index in [1.165, 1.54) is 0 Å². The van der Waals surface area contributed by atoms with Crippen molar-refractivity contribution in [3.8, 4) is 0 Å². The van der Waals surface area contributed by atoms with E-state index in [9.17, 15) is 9.59 Å². The highest BCUT2D eigenvalue weighted by molar-refractivity contribution is 7.83. The van der Waals surface area contributed by atoms with Gasteiger partial charge in [0.2, 0.25) is 0 Å². The number of hydrogen-bond donors (Lipinski definition) is 6. The predicted octanol–water partition coefficient (Wildman–Crippen LogP) is 1.51. The van der Waals surface area contributed by atoms with Gasteiger partial charge < -0.3 is 20.4 Å². The molecule has 0 heterocycles. The SMILES string of the molecule is CCCCCC(O)O.NS(=O)(=O)O.O=C(O)CCCCCCCC(=O)O. The molecular weight excluding hydrogens is 370 g/mol. The molecule has 0 aliphatic carbocycles. The Labute approximate surface area is 154 Å². The van der Waals surface area contributed by atoms with Gasteiger partial charge in [-0.05, 0) is 25.7 Å². The molecule has 0 saturated carbocycles. The molecule has 0 unspecified atom stereocenters. The van der Waals surface area contributed by atoms with Crippen molar-refractivity contribution in [3.05, 3.63) is 0 Å². The second-order valence-corrected chi connectivity index (χ2v) is 6.58. The molecule has 0 saturated heterocycles. The molecular formula is C15H33NO9S. The fourth-order valence-corrected chi connectivity index (χ4v) is 1.66. The summed E-state index contributed by atoms with van der Waals surface area (Å²) in [6.07, 6.45) is 7.11. The van der Waals surface area contributed by atoms with Gasteiger partial charge >= 0.3 is 22.2 Å². The van der Waals surface area contributed by atoms with Gasteiger partial charge in [-0.15, -0.1) is 0 Å². The first kappa shape index (κ1) is 29.5. The van der Waals surface area contributed by atoms with Crippen LogP contribution < -0.4 is 5.14 Å². The maximum Gasteiger partial charge on any atom is 0.330 e. The Morgan fingerprint density at radius 1 is 0.846 bits per heavy atom. The van der Waals surface area contributed by atoms with Crippen molar-refractivity contribution in [1.29, 1.82) is 0 Å². The summed E-state index contributed by atoms with van der Waals surface area (Å²) in [4.78, 5) is 20.2. The lowest BCUT2D eigenvalue weighted by Crippen LogP contribution is -2.08. The summed E-state index contributed by atoms with van der Waals surface area (Å²) in [5.41, 5.74) is 0. The summed E-state index contributed by atoms with van der Waals surface area (Å²) in [7, 11) is -4.17. The highest BCUT2D eigenvalue weighted by atomic mass is 32.2. The number of rotatable bonds is 12. The number of carbonyl (C=O) groups is 2. The van der Waals surface area contributed by atoms with E-state index in [0.717, 1.165) is 38.5 Å². The van der Waals surface area contributed by atoms with Gasteiger partial charge in [0.15, 0.2) is 6.29 Å². The van der Waals surface area contributed by atoms with Gasteiger partial charge in [-0.25, -0.2) is 5.14 Å². The van der Waals surface area contributed by atoms with Gasteiger partial charge in [0.05, 0.1) is 0 Å². The Hall–Kier alpha value is -1.27. The number of unbranched alkanes of at least 4 members (excludes halogenated alkanes) is 6. The van der Waals surface area contributed by atoms with Crippen molar-refractivity contribution in [1.82, 2.24) is 0 Å². The van der Waals surface area contributed by atoms with Gasteiger partial charge in [-0.2, -0.15) is 8.42 Å². The minimum absolute atomic E-state index is 0.221. The quantitative estimate of drug-likeness (QED) is 0.159. The van der Waals surface area contributed by atoms with Crippen LogP contribution in [0.5, 0.6) is 0 Å². The molecule has 0 aromatic rings. The lowest BCUT2D eigenvalue weighted by Gasteiger charge is -1.99. The Morgan fingerprint density at radius 3 is 1.46 bits per heavy atom. The number of hydrogen-bond acceptors (Lipinski definition) is 6. The minimum atomic E-state index is -4.17. The van der Waals surface area contributed by atoms with Crippen LogP contribution >= 0.6 is 0 Å². The lowest BCUT2D eigenvalue weighted by molar-refractivity contribution is -0.138. The average molecular weight is 403 g/mol. The summed E-state index contributed by atoms with van der Waals surface area (Å²) in [6, 6.07) is 0.